The van der Waals surface area contributed by atoms with Crippen LogP contribution in [0.1, 0.15) is 17.3 Å². The van der Waals surface area contributed by atoms with Crippen LogP contribution in [0.5, 0.6) is 0 Å². The zero-order valence-electron chi connectivity index (χ0n) is 10.7. The maximum Gasteiger partial charge on any atom is 0.255 e. The van der Waals surface area contributed by atoms with E-state index in [0.717, 1.165) is 8.95 Å². The Hall–Kier alpha value is -0.100. The highest BCUT2D eigenvalue weighted by atomic mass is 79.9. The molecule has 0 saturated heterocycles. The standard InChI is InChI=1S/C13H16Br2ClNO2/c1-2-17(6-8-19-7-5-16)13(18)11-9-10(14)3-4-12(11)15/h3-4,9H,2,5-8H2,1H3. The lowest BCUT2D eigenvalue weighted by molar-refractivity contribution is 0.0670. The van der Waals surface area contributed by atoms with Gasteiger partial charge in [0.05, 0.1) is 18.8 Å². The van der Waals surface area contributed by atoms with E-state index in [9.17, 15) is 4.79 Å². The van der Waals surface area contributed by atoms with Gasteiger partial charge in [-0.1, -0.05) is 15.9 Å². The molecule has 106 valence electrons. The summed E-state index contributed by atoms with van der Waals surface area (Å²) in [6.07, 6.45) is 0. The third-order valence-corrected chi connectivity index (χ3v) is 3.89. The maximum absolute atomic E-state index is 12.4. The fourth-order valence-electron chi connectivity index (χ4n) is 1.57. The van der Waals surface area contributed by atoms with Gasteiger partial charge in [0.25, 0.3) is 5.91 Å². The zero-order chi connectivity index (χ0) is 14.3. The van der Waals surface area contributed by atoms with Crippen LogP contribution in [0, 0.1) is 0 Å². The number of rotatable bonds is 7. The minimum Gasteiger partial charge on any atom is -0.378 e. The van der Waals surface area contributed by atoms with Crippen LogP contribution in [-0.2, 0) is 4.74 Å². The molecule has 0 aliphatic heterocycles. The van der Waals surface area contributed by atoms with Gasteiger partial charge in [0.2, 0.25) is 0 Å². The molecule has 0 aromatic heterocycles. The molecule has 1 aromatic carbocycles. The van der Waals surface area contributed by atoms with Crippen LogP contribution in [0.3, 0.4) is 0 Å². The molecule has 6 heteroatoms. The largest absolute Gasteiger partial charge is 0.378 e. The molecule has 0 heterocycles. The Bertz CT molecular complexity index is 429. The van der Waals surface area contributed by atoms with E-state index in [-0.39, 0.29) is 5.91 Å². The second kappa shape index (κ2) is 8.95. The van der Waals surface area contributed by atoms with Crippen LogP contribution in [0.25, 0.3) is 0 Å². The highest BCUT2D eigenvalue weighted by Crippen LogP contribution is 2.22. The van der Waals surface area contributed by atoms with Crippen molar-refractivity contribution in [1.82, 2.24) is 4.90 Å². The molecule has 0 N–H and O–H groups in total. The highest BCUT2D eigenvalue weighted by Gasteiger charge is 2.17. The Morgan fingerprint density at radius 1 is 1.37 bits per heavy atom. The predicted octanol–water partition coefficient (Wildman–Crippen LogP) is 3.93. The van der Waals surface area contributed by atoms with Gasteiger partial charge in [0, 0.05) is 27.9 Å². The van der Waals surface area contributed by atoms with Gasteiger partial charge in [0.1, 0.15) is 0 Å². The summed E-state index contributed by atoms with van der Waals surface area (Å²) < 4.78 is 6.98. The minimum absolute atomic E-state index is 0.00912. The Morgan fingerprint density at radius 2 is 2.11 bits per heavy atom. The monoisotopic (exact) mass is 411 g/mol. The molecule has 0 fully saturated rings. The lowest BCUT2D eigenvalue weighted by atomic mass is 10.2. The molecule has 0 unspecified atom stereocenters. The van der Waals surface area contributed by atoms with Crippen LogP contribution in [-0.4, -0.2) is 43.0 Å². The molecule has 0 saturated carbocycles. The van der Waals surface area contributed by atoms with Crippen molar-refractivity contribution in [3.05, 3.63) is 32.7 Å². The molecule has 0 spiro atoms. The first-order valence-electron chi connectivity index (χ1n) is 5.98. The molecule has 1 amide bonds. The minimum atomic E-state index is -0.00912. The second-order valence-electron chi connectivity index (χ2n) is 3.81. The molecule has 0 aliphatic rings. The molecule has 0 bridgehead atoms. The maximum atomic E-state index is 12.4. The second-order valence-corrected chi connectivity index (χ2v) is 5.96. The van der Waals surface area contributed by atoms with Crippen molar-refractivity contribution in [2.75, 3.05) is 32.2 Å². The summed E-state index contributed by atoms with van der Waals surface area (Å²) in [5.41, 5.74) is 0.647. The Kier molecular flexibility index (Phi) is 7.99. The number of ether oxygens (including phenoxy) is 1. The van der Waals surface area contributed by atoms with Crippen molar-refractivity contribution < 1.29 is 9.53 Å². The molecule has 3 nitrogen and oxygen atoms in total. The smallest absolute Gasteiger partial charge is 0.255 e. The molecular formula is C13H16Br2ClNO2. The predicted molar refractivity (Wildman–Crippen MR) is 85.0 cm³/mol. The van der Waals surface area contributed by atoms with Gasteiger partial charge in [-0.3, -0.25) is 4.79 Å². The van der Waals surface area contributed by atoms with Gasteiger partial charge < -0.3 is 9.64 Å². The lowest BCUT2D eigenvalue weighted by Gasteiger charge is -2.21. The quantitative estimate of drug-likeness (QED) is 0.501. The molecule has 0 atom stereocenters. The Balaban J connectivity index is 2.69. The Labute approximate surface area is 135 Å². The number of likely N-dealkylation sites (N-methyl/N-ethyl adjacent to an activating group) is 1. The van der Waals surface area contributed by atoms with Crippen LogP contribution >= 0.6 is 43.5 Å². The van der Waals surface area contributed by atoms with E-state index < -0.39 is 0 Å². The van der Waals surface area contributed by atoms with Crippen LogP contribution in [0.2, 0.25) is 0 Å². The average Bonchev–Trinajstić information content (AvgIpc) is 2.41. The normalized spacial score (nSPS) is 10.5. The van der Waals surface area contributed by atoms with Gasteiger partial charge in [0.15, 0.2) is 0 Å². The SMILES string of the molecule is CCN(CCOCCCl)C(=O)c1cc(Br)ccc1Br. The summed E-state index contributed by atoms with van der Waals surface area (Å²) in [5.74, 6) is 0.460. The third kappa shape index (κ3) is 5.42. The van der Waals surface area contributed by atoms with Crippen molar-refractivity contribution in [2.24, 2.45) is 0 Å². The lowest BCUT2D eigenvalue weighted by Crippen LogP contribution is -2.34. The van der Waals surface area contributed by atoms with Crippen molar-refractivity contribution in [2.45, 2.75) is 6.92 Å². The Morgan fingerprint density at radius 3 is 2.74 bits per heavy atom. The van der Waals surface area contributed by atoms with E-state index in [0.29, 0.717) is 37.7 Å². The summed E-state index contributed by atoms with van der Waals surface area (Å²) in [6.45, 7) is 4.16. The third-order valence-electron chi connectivity index (χ3n) is 2.55. The molecule has 1 aromatic rings. The van der Waals surface area contributed by atoms with E-state index in [2.05, 4.69) is 31.9 Å². The summed E-state index contributed by atoms with van der Waals surface area (Å²) in [5, 5.41) is 0. The number of benzene rings is 1. The van der Waals surface area contributed by atoms with E-state index >= 15 is 0 Å². The number of halogens is 3. The molecule has 19 heavy (non-hydrogen) atoms. The van der Waals surface area contributed by atoms with Gasteiger partial charge in [-0.05, 0) is 41.1 Å². The van der Waals surface area contributed by atoms with E-state index in [1.54, 1.807) is 4.90 Å². The van der Waals surface area contributed by atoms with Crippen molar-refractivity contribution in [1.29, 1.82) is 0 Å². The van der Waals surface area contributed by atoms with E-state index in [1.807, 2.05) is 25.1 Å². The number of amides is 1. The van der Waals surface area contributed by atoms with Crippen molar-refractivity contribution in [3.63, 3.8) is 0 Å². The number of carbonyl (C=O) groups is 1. The number of nitrogens with zero attached hydrogens (tertiary/aromatic N) is 1. The number of carbonyl (C=O) groups excluding carboxylic acids is 1. The number of alkyl halides is 1. The zero-order valence-corrected chi connectivity index (χ0v) is 14.6. The van der Waals surface area contributed by atoms with Gasteiger partial charge in [-0.25, -0.2) is 0 Å². The van der Waals surface area contributed by atoms with E-state index in [4.69, 9.17) is 16.3 Å². The summed E-state index contributed by atoms with van der Waals surface area (Å²) in [4.78, 5) is 14.2. The molecule has 0 aliphatic carbocycles. The van der Waals surface area contributed by atoms with Gasteiger partial charge >= 0.3 is 0 Å². The number of hydrogen-bond donors (Lipinski definition) is 0. The van der Waals surface area contributed by atoms with Crippen LogP contribution in [0.15, 0.2) is 27.1 Å². The van der Waals surface area contributed by atoms with Crippen LogP contribution < -0.4 is 0 Å². The molecule has 1 rings (SSSR count). The fraction of sp³-hybridized carbons (Fsp3) is 0.462. The van der Waals surface area contributed by atoms with Crippen molar-refractivity contribution >= 4 is 49.4 Å². The van der Waals surface area contributed by atoms with E-state index in [1.165, 1.54) is 0 Å². The number of hydrogen-bond acceptors (Lipinski definition) is 2. The first-order valence-corrected chi connectivity index (χ1v) is 8.10. The summed E-state index contributed by atoms with van der Waals surface area (Å²) in [6, 6.07) is 5.56. The molecular weight excluding hydrogens is 397 g/mol. The highest BCUT2D eigenvalue weighted by molar-refractivity contribution is 9.11. The van der Waals surface area contributed by atoms with Crippen molar-refractivity contribution in [3.8, 4) is 0 Å². The van der Waals surface area contributed by atoms with Gasteiger partial charge in [-0.2, -0.15) is 0 Å². The average molecular weight is 414 g/mol. The first kappa shape index (κ1) is 17.0. The topological polar surface area (TPSA) is 29.5 Å². The fourth-order valence-corrected chi connectivity index (χ4v) is 2.45. The summed E-state index contributed by atoms with van der Waals surface area (Å²) >= 11 is 12.3. The van der Waals surface area contributed by atoms with Gasteiger partial charge in [-0.15, -0.1) is 11.6 Å². The molecule has 0 radical (unpaired) electrons. The van der Waals surface area contributed by atoms with Crippen LogP contribution in [0.4, 0.5) is 0 Å². The summed E-state index contributed by atoms with van der Waals surface area (Å²) in [7, 11) is 0. The first-order chi connectivity index (χ1) is 9.10.